The molecule has 0 saturated heterocycles. The second-order valence-electron chi connectivity index (χ2n) is 10.6. The lowest BCUT2D eigenvalue weighted by molar-refractivity contribution is 0.254. The summed E-state index contributed by atoms with van der Waals surface area (Å²) in [6.45, 7) is 17.1. The molecule has 1 atom stereocenters. The largest absolute Gasteiger partial charge is 0.295 e. The van der Waals surface area contributed by atoms with Crippen LogP contribution in [0.3, 0.4) is 0 Å². The van der Waals surface area contributed by atoms with Crippen LogP contribution in [-0.4, -0.2) is 11.9 Å². The summed E-state index contributed by atoms with van der Waals surface area (Å²) in [5.41, 5.74) is 5.94. The van der Waals surface area contributed by atoms with Crippen LogP contribution in [0, 0.1) is 0 Å². The normalized spacial score (nSPS) is 13.8. The van der Waals surface area contributed by atoms with Crippen molar-refractivity contribution < 1.29 is 0 Å². The summed E-state index contributed by atoms with van der Waals surface area (Å²) in [5.74, 6) is 0. The third-order valence-corrected chi connectivity index (χ3v) is 6.09. The zero-order chi connectivity index (χ0) is 21.4. The lowest BCUT2D eigenvalue weighted by Crippen LogP contribution is -2.23. The van der Waals surface area contributed by atoms with Gasteiger partial charge in [0.1, 0.15) is 0 Å². The van der Waals surface area contributed by atoms with Crippen LogP contribution >= 0.6 is 0 Å². The number of rotatable bonds is 4. The monoisotopic (exact) mass is 387 g/mol. The molecular formula is C28H37N. The molecular weight excluding hydrogens is 350 g/mol. The van der Waals surface area contributed by atoms with Crippen molar-refractivity contribution in [2.45, 2.75) is 71.9 Å². The molecule has 29 heavy (non-hydrogen) atoms. The van der Waals surface area contributed by atoms with E-state index in [0.29, 0.717) is 6.04 Å². The molecule has 1 heteroatoms. The van der Waals surface area contributed by atoms with Crippen molar-refractivity contribution >= 4 is 10.8 Å². The zero-order valence-corrected chi connectivity index (χ0v) is 19.5. The average molecular weight is 388 g/mol. The second kappa shape index (κ2) is 7.95. The Balaban J connectivity index is 1.94. The fourth-order valence-corrected chi connectivity index (χ4v) is 3.93. The van der Waals surface area contributed by atoms with E-state index in [1.807, 2.05) is 0 Å². The van der Waals surface area contributed by atoms with Crippen LogP contribution in [0.25, 0.3) is 10.8 Å². The van der Waals surface area contributed by atoms with E-state index in [2.05, 4.69) is 121 Å². The van der Waals surface area contributed by atoms with Crippen LogP contribution in [0.4, 0.5) is 0 Å². The summed E-state index contributed by atoms with van der Waals surface area (Å²) in [4.78, 5) is 2.47. The standard InChI is InChI=1S/C28H37N/c1-20(25-15-11-13-22-12-9-10-14-26(22)25)29(8)19-21-16-23(27(2,3)4)18-24(17-21)28(5,6)7/h9-18,20H,19H2,1-8H3/t20-/m1/s1. The lowest BCUT2D eigenvalue weighted by Gasteiger charge is -2.29. The van der Waals surface area contributed by atoms with Gasteiger partial charge in [0, 0.05) is 12.6 Å². The van der Waals surface area contributed by atoms with Crippen LogP contribution in [0.5, 0.6) is 0 Å². The SMILES string of the molecule is C[C@H](c1cccc2ccccc12)N(C)Cc1cc(C(C)(C)C)cc(C(C)(C)C)c1. The number of hydrogen-bond donors (Lipinski definition) is 0. The van der Waals surface area contributed by atoms with E-state index in [-0.39, 0.29) is 10.8 Å². The molecule has 3 rings (SSSR count). The van der Waals surface area contributed by atoms with Crippen LogP contribution in [0.1, 0.15) is 76.8 Å². The second-order valence-corrected chi connectivity index (χ2v) is 10.6. The van der Waals surface area contributed by atoms with Gasteiger partial charge in [0.25, 0.3) is 0 Å². The summed E-state index contributed by atoms with van der Waals surface area (Å²) in [7, 11) is 2.24. The van der Waals surface area contributed by atoms with Crippen molar-refractivity contribution in [1.29, 1.82) is 0 Å². The van der Waals surface area contributed by atoms with Crippen molar-refractivity contribution in [3.8, 4) is 0 Å². The third kappa shape index (κ3) is 4.90. The van der Waals surface area contributed by atoms with Gasteiger partial charge in [-0.05, 0) is 57.8 Å². The minimum Gasteiger partial charge on any atom is -0.295 e. The molecule has 0 amide bonds. The van der Waals surface area contributed by atoms with Crippen molar-refractivity contribution in [2.24, 2.45) is 0 Å². The number of hydrogen-bond acceptors (Lipinski definition) is 1. The average Bonchev–Trinajstić information content (AvgIpc) is 2.65. The van der Waals surface area contributed by atoms with E-state index in [1.54, 1.807) is 0 Å². The Morgan fingerprint density at radius 1 is 0.759 bits per heavy atom. The zero-order valence-electron chi connectivity index (χ0n) is 19.5. The van der Waals surface area contributed by atoms with Crippen molar-refractivity contribution in [1.82, 2.24) is 4.90 Å². The Morgan fingerprint density at radius 3 is 1.90 bits per heavy atom. The van der Waals surface area contributed by atoms with E-state index >= 15 is 0 Å². The molecule has 0 aliphatic rings. The Labute approximate surface area is 177 Å². The van der Waals surface area contributed by atoms with E-state index in [9.17, 15) is 0 Å². The molecule has 0 saturated carbocycles. The summed E-state index contributed by atoms with van der Waals surface area (Å²) in [6.07, 6.45) is 0. The van der Waals surface area contributed by atoms with Crippen molar-refractivity contribution in [3.05, 3.63) is 82.9 Å². The molecule has 0 radical (unpaired) electrons. The van der Waals surface area contributed by atoms with Crippen LogP contribution in [-0.2, 0) is 17.4 Å². The first-order chi connectivity index (χ1) is 13.5. The van der Waals surface area contributed by atoms with E-state index in [1.165, 1.54) is 33.0 Å². The van der Waals surface area contributed by atoms with Gasteiger partial charge in [0.05, 0.1) is 0 Å². The maximum atomic E-state index is 2.47. The molecule has 0 bridgehead atoms. The molecule has 0 fully saturated rings. The van der Waals surface area contributed by atoms with Gasteiger partial charge >= 0.3 is 0 Å². The first-order valence-electron chi connectivity index (χ1n) is 10.8. The maximum Gasteiger partial charge on any atom is 0.0326 e. The number of fused-ring (bicyclic) bond motifs is 1. The van der Waals surface area contributed by atoms with Gasteiger partial charge in [-0.1, -0.05) is 102 Å². The molecule has 0 spiro atoms. The maximum absolute atomic E-state index is 2.47. The highest BCUT2D eigenvalue weighted by molar-refractivity contribution is 5.86. The lowest BCUT2D eigenvalue weighted by atomic mass is 9.79. The highest BCUT2D eigenvalue weighted by atomic mass is 15.1. The van der Waals surface area contributed by atoms with Crippen LogP contribution in [0.15, 0.2) is 60.7 Å². The van der Waals surface area contributed by atoms with Gasteiger partial charge in [0.2, 0.25) is 0 Å². The highest BCUT2D eigenvalue weighted by Crippen LogP contribution is 2.32. The first-order valence-corrected chi connectivity index (χ1v) is 10.8. The molecule has 154 valence electrons. The van der Waals surface area contributed by atoms with Crippen molar-refractivity contribution in [2.75, 3.05) is 7.05 Å². The molecule has 0 unspecified atom stereocenters. The summed E-state index contributed by atoms with van der Waals surface area (Å²) in [6, 6.07) is 22.9. The van der Waals surface area contributed by atoms with E-state index < -0.39 is 0 Å². The molecule has 3 aromatic rings. The molecule has 0 heterocycles. The minimum atomic E-state index is 0.149. The Hall–Kier alpha value is -2.12. The number of nitrogens with zero attached hydrogens (tertiary/aromatic N) is 1. The predicted octanol–water partition coefficient (Wildman–Crippen LogP) is 7.63. The van der Waals surface area contributed by atoms with Crippen LogP contribution in [0.2, 0.25) is 0 Å². The highest BCUT2D eigenvalue weighted by Gasteiger charge is 2.22. The smallest absolute Gasteiger partial charge is 0.0326 e. The topological polar surface area (TPSA) is 3.24 Å². The van der Waals surface area contributed by atoms with Gasteiger partial charge < -0.3 is 0 Å². The van der Waals surface area contributed by atoms with Gasteiger partial charge in [-0.15, -0.1) is 0 Å². The Morgan fingerprint density at radius 2 is 1.31 bits per heavy atom. The fourth-order valence-electron chi connectivity index (χ4n) is 3.93. The summed E-state index contributed by atoms with van der Waals surface area (Å²) in [5, 5.41) is 2.67. The molecule has 3 aromatic carbocycles. The van der Waals surface area contributed by atoms with E-state index in [0.717, 1.165) is 6.54 Å². The van der Waals surface area contributed by atoms with Gasteiger partial charge in [0.15, 0.2) is 0 Å². The first kappa shape index (κ1) is 21.6. The Bertz CT molecular complexity index is 948. The Kier molecular flexibility index (Phi) is 5.92. The molecule has 0 aromatic heterocycles. The van der Waals surface area contributed by atoms with Gasteiger partial charge in [-0.2, -0.15) is 0 Å². The molecule has 0 N–H and O–H groups in total. The van der Waals surface area contributed by atoms with E-state index in [4.69, 9.17) is 0 Å². The molecule has 1 nitrogen and oxygen atoms in total. The summed E-state index contributed by atoms with van der Waals surface area (Å²) < 4.78 is 0. The quantitative estimate of drug-likeness (QED) is 0.445. The van der Waals surface area contributed by atoms with Gasteiger partial charge in [-0.3, -0.25) is 4.90 Å². The molecule has 0 aliphatic heterocycles. The van der Waals surface area contributed by atoms with Gasteiger partial charge in [-0.25, -0.2) is 0 Å². The number of benzene rings is 3. The van der Waals surface area contributed by atoms with Crippen molar-refractivity contribution in [3.63, 3.8) is 0 Å². The fraction of sp³-hybridized carbons (Fsp3) is 0.429. The van der Waals surface area contributed by atoms with Crippen LogP contribution < -0.4 is 0 Å². The predicted molar refractivity (Wildman–Crippen MR) is 128 cm³/mol. The summed E-state index contributed by atoms with van der Waals surface area (Å²) >= 11 is 0. The molecule has 0 aliphatic carbocycles. The third-order valence-electron chi connectivity index (χ3n) is 6.09. The minimum absolute atomic E-state index is 0.149.